The van der Waals surface area contributed by atoms with E-state index in [4.69, 9.17) is 4.74 Å². The average molecular weight is 369 g/mol. The van der Waals surface area contributed by atoms with E-state index in [0.717, 1.165) is 0 Å². The van der Waals surface area contributed by atoms with Crippen molar-refractivity contribution in [2.24, 2.45) is 0 Å². The molecule has 0 aliphatic carbocycles. The predicted molar refractivity (Wildman–Crippen MR) is 92.5 cm³/mol. The van der Waals surface area contributed by atoms with Gasteiger partial charge in [-0.25, -0.2) is 13.1 Å². The fraction of sp³-hybridized carbons (Fsp3) is 0.500. The number of hydrogen-bond donors (Lipinski definition) is 2. The zero-order valence-corrected chi connectivity index (χ0v) is 15.1. The summed E-state index contributed by atoms with van der Waals surface area (Å²) in [6, 6.07) is 5.77. The average Bonchev–Trinajstić information content (AvgIpc) is 2.55. The molecule has 138 valence electrons. The Morgan fingerprint density at radius 3 is 2.32 bits per heavy atom. The molecule has 1 fully saturated rings. The van der Waals surface area contributed by atoms with E-state index in [9.17, 15) is 18.0 Å². The van der Waals surface area contributed by atoms with Crippen molar-refractivity contribution in [2.45, 2.75) is 30.7 Å². The first-order valence-electron chi connectivity index (χ1n) is 7.98. The first kappa shape index (κ1) is 19.4. The van der Waals surface area contributed by atoms with Crippen molar-refractivity contribution in [3.05, 3.63) is 24.3 Å². The number of rotatable bonds is 6. The molecule has 1 aromatic carbocycles. The lowest BCUT2D eigenvalue weighted by Gasteiger charge is -2.32. The summed E-state index contributed by atoms with van der Waals surface area (Å²) >= 11 is 0. The maximum Gasteiger partial charge on any atom is 0.248 e. The molecule has 8 nitrogen and oxygen atoms in total. The summed E-state index contributed by atoms with van der Waals surface area (Å²) in [5, 5.41) is 2.59. The summed E-state index contributed by atoms with van der Waals surface area (Å²) in [5.74, 6) is -0.305. The van der Waals surface area contributed by atoms with Gasteiger partial charge in [0.15, 0.2) is 0 Å². The molecule has 1 aliphatic rings. The van der Waals surface area contributed by atoms with Crippen molar-refractivity contribution in [1.82, 2.24) is 9.62 Å². The number of ether oxygens (including phenoxy) is 1. The van der Waals surface area contributed by atoms with Crippen LogP contribution in [0.25, 0.3) is 0 Å². The van der Waals surface area contributed by atoms with Gasteiger partial charge >= 0.3 is 0 Å². The number of anilines is 1. The van der Waals surface area contributed by atoms with Crippen molar-refractivity contribution in [3.8, 4) is 0 Å². The lowest BCUT2D eigenvalue weighted by atomic mass is 10.1. The molecule has 1 aliphatic heterocycles. The number of amides is 2. The van der Waals surface area contributed by atoms with E-state index in [1.165, 1.54) is 26.2 Å². The van der Waals surface area contributed by atoms with Gasteiger partial charge in [-0.1, -0.05) is 0 Å². The number of carbonyl (C=O) groups is 2. The van der Waals surface area contributed by atoms with Crippen LogP contribution in [0.2, 0.25) is 0 Å². The molecule has 0 bridgehead atoms. The van der Waals surface area contributed by atoms with Gasteiger partial charge in [0.05, 0.1) is 4.90 Å². The zero-order valence-electron chi connectivity index (χ0n) is 14.3. The quantitative estimate of drug-likeness (QED) is 0.762. The molecule has 0 atom stereocenters. The highest BCUT2D eigenvalue weighted by Crippen LogP contribution is 2.17. The SMILES string of the molecule is COCC(=O)N1CCC(NS(=O)(=O)c2ccc(NC(C)=O)cc2)CC1. The molecule has 25 heavy (non-hydrogen) atoms. The fourth-order valence-electron chi connectivity index (χ4n) is 2.67. The summed E-state index contributed by atoms with van der Waals surface area (Å²) < 4.78 is 32.4. The Balaban J connectivity index is 1.93. The van der Waals surface area contributed by atoms with Crippen LogP contribution in [0.5, 0.6) is 0 Å². The van der Waals surface area contributed by atoms with Crippen LogP contribution in [-0.4, -0.2) is 58.0 Å². The fourth-order valence-corrected chi connectivity index (χ4v) is 3.97. The standard InChI is InChI=1S/C16H23N3O5S/c1-12(20)17-13-3-5-15(6-4-13)25(22,23)18-14-7-9-19(10-8-14)16(21)11-24-2/h3-6,14,18H,7-11H2,1-2H3,(H,17,20). The van der Waals surface area contributed by atoms with Gasteiger partial charge in [-0.15, -0.1) is 0 Å². The molecule has 0 spiro atoms. The van der Waals surface area contributed by atoms with Crippen molar-refractivity contribution in [3.63, 3.8) is 0 Å². The minimum atomic E-state index is -3.64. The number of sulfonamides is 1. The minimum Gasteiger partial charge on any atom is -0.375 e. The van der Waals surface area contributed by atoms with Crippen molar-refractivity contribution < 1.29 is 22.7 Å². The first-order chi connectivity index (χ1) is 11.8. The number of hydrogen-bond acceptors (Lipinski definition) is 5. The van der Waals surface area contributed by atoms with Crippen molar-refractivity contribution in [1.29, 1.82) is 0 Å². The van der Waals surface area contributed by atoms with E-state index >= 15 is 0 Å². The van der Waals surface area contributed by atoms with Crippen molar-refractivity contribution in [2.75, 3.05) is 32.1 Å². The van der Waals surface area contributed by atoms with Crippen LogP contribution in [0.15, 0.2) is 29.2 Å². The smallest absolute Gasteiger partial charge is 0.248 e. The van der Waals surface area contributed by atoms with E-state index in [-0.39, 0.29) is 29.4 Å². The van der Waals surface area contributed by atoms with Gasteiger partial charge in [0.1, 0.15) is 6.61 Å². The Bertz CT molecular complexity index is 710. The van der Waals surface area contributed by atoms with E-state index < -0.39 is 10.0 Å². The van der Waals surface area contributed by atoms with Crippen LogP contribution in [0.3, 0.4) is 0 Å². The highest BCUT2D eigenvalue weighted by molar-refractivity contribution is 7.89. The highest BCUT2D eigenvalue weighted by atomic mass is 32.2. The maximum absolute atomic E-state index is 12.5. The number of nitrogens with zero attached hydrogens (tertiary/aromatic N) is 1. The second-order valence-corrected chi connectivity index (χ2v) is 7.63. The van der Waals surface area contributed by atoms with Crippen LogP contribution in [0.1, 0.15) is 19.8 Å². The normalized spacial score (nSPS) is 15.8. The van der Waals surface area contributed by atoms with Gasteiger partial charge in [-0.05, 0) is 37.1 Å². The summed E-state index contributed by atoms with van der Waals surface area (Å²) in [6.07, 6.45) is 1.11. The topological polar surface area (TPSA) is 105 Å². The molecule has 2 amide bonds. The number of benzene rings is 1. The maximum atomic E-state index is 12.5. The van der Waals surface area contributed by atoms with Crippen LogP contribution >= 0.6 is 0 Å². The number of likely N-dealkylation sites (tertiary alicyclic amines) is 1. The molecule has 9 heteroatoms. The highest BCUT2D eigenvalue weighted by Gasteiger charge is 2.26. The van der Waals surface area contributed by atoms with Crippen LogP contribution in [0.4, 0.5) is 5.69 Å². The largest absolute Gasteiger partial charge is 0.375 e. The van der Waals surface area contributed by atoms with E-state index in [2.05, 4.69) is 10.0 Å². The summed E-state index contributed by atoms with van der Waals surface area (Å²) in [6.45, 7) is 2.42. The Morgan fingerprint density at radius 1 is 1.20 bits per heavy atom. The molecule has 2 N–H and O–H groups in total. The molecule has 0 unspecified atom stereocenters. The summed E-state index contributed by atoms with van der Waals surface area (Å²) in [4.78, 5) is 24.6. The van der Waals surface area contributed by atoms with Gasteiger partial charge in [0.2, 0.25) is 21.8 Å². The molecular weight excluding hydrogens is 346 g/mol. The molecule has 1 aromatic rings. The number of carbonyl (C=O) groups excluding carboxylic acids is 2. The van der Waals surface area contributed by atoms with Gasteiger partial charge < -0.3 is 15.0 Å². The summed E-state index contributed by atoms with van der Waals surface area (Å²) in [7, 11) is -2.18. The molecule has 2 rings (SSSR count). The summed E-state index contributed by atoms with van der Waals surface area (Å²) in [5.41, 5.74) is 0.538. The van der Waals surface area contributed by atoms with Crippen LogP contribution in [-0.2, 0) is 24.3 Å². The van der Waals surface area contributed by atoms with Gasteiger partial charge in [0.25, 0.3) is 0 Å². The zero-order chi connectivity index (χ0) is 18.4. The third-order valence-electron chi connectivity index (χ3n) is 3.92. The Hall–Kier alpha value is -1.97. The van der Waals surface area contributed by atoms with E-state index in [0.29, 0.717) is 31.6 Å². The van der Waals surface area contributed by atoms with Gasteiger partial charge in [-0.2, -0.15) is 0 Å². The number of nitrogens with one attached hydrogen (secondary N) is 2. The Kier molecular flexibility index (Phi) is 6.51. The number of methoxy groups -OCH3 is 1. The molecule has 0 saturated carbocycles. The van der Waals surface area contributed by atoms with E-state index in [1.807, 2.05) is 0 Å². The monoisotopic (exact) mass is 369 g/mol. The molecule has 1 heterocycles. The van der Waals surface area contributed by atoms with Crippen LogP contribution < -0.4 is 10.0 Å². The third kappa shape index (κ3) is 5.52. The Morgan fingerprint density at radius 2 is 1.80 bits per heavy atom. The lowest BCUT2D eigenvalue weighted by molar-refractivity contribution is -0.136. The second kappa shape index (κ2) is 8.41. The molecule has 0 radical (unpaired) electrons. The van der Waals surface area contributed by atoms with Gasteiger partial charge in [0, 0.05) is 38.9 Å². The molecule has 1 saturated heterocycles. The predicted octanol–water partition coefficient (Wildman–Crippen LogP) is 0.561. The number of piperidine rings is 1. The molecule has 0 aromatic heterocycles. The lowest BCUT2D eigenvalue weighted by Crippen LogP contribution is -2.47. The van der Waals surface area contributed by atoms with Crippen LogP contribution in [0, 0.1) is 0 Å². The van der Waals surface area contributed by atoms with Crippen molar-refractivity contribution >= 4 is 27.5 Å². The third-order valence-corrected chi connectivity index (χ3v) is 5.46. The Labute approximate surface area is 147 Å². The minimum absolute atomic E-state index is 0.0387. The van der Waals surface area contributed by atoms with E-state index in [1.54, 1.807) is 17.0 Å². The first-order valence-corrected chi connectivity index (χ1v) is 9.47. The second-order valence-electron chi connectivity index (χ2n) is 5.91. The molecular formula is C16H23N3O5S. The van der Waals surface area contributed by atoms with Gasteiger partial charge in [-0.3, -0.25) is 9.59 Å².